The summed E-state index contributed by atoms with van der Waals surface area (Å²) in [6.45, 7) is 7.83. The zero-order valence-corrected chi connectivity index (χ0v) is 11.3. The van der Waals surface area contributed by atoms with E-state index in [1.807, 2.05) is 11.8 Å². The predicted octanol–water partition coefficient (Wildman–Crippen LogP) is 2.82. The minimum Gasteiger partial charge on any atom is -0.508 e. The SMILES string of the molecule is Cc1ccc(C(=O)N2CC(C)CC(C)C2)cc1O. The van der Waals surface area contributed by atoms with Gasteiger partial charge in [0.1, 0.15) is 5.75 Å². The molecular formula is C15H21NO2. The summed E-state index contributed by atoms with van der Waals surface area (Å²) in [7, 11) is 0. The van der Waals surface area contributed by atoms with Gasteiger partial charge in [-0.1, -0.05) is 19.9 Å². The summed E-state index contributed by atoms with van der Waals surface area (Å²) in [5.74, 6) is 1.33. The maximum absolute atomic E-state index is 12.4. The van der Waals surface area contributed by atoms with E-state index in [0.717, 1.165) is 18.7 Å². The fourth-order valence-corrected chi connectivity index (χ4v) is 2.75. The molecule has 2 atom stereocenters. The van der Waals surface area contributed by atoms with E-state index in [1.54, 1.807) is 18.2 Å². The van der Waals surface area contributed by atoms with Crippen molar-refractivity contribution in [2.24, 2.45) is 11.8 Å². The van der Waals surface area contributed by atoms with Gasteiger partial charge < -0.3 is 10.0 Å². The zero-order chi connectivity index (χ0) is 13.3. The van der Waals surface area contributed by atoms with Gasteiger partial charge in [-0.15, -0.1) is 0 Å². The molecule has 1 aliphatic heterocycles. The number of piperidine rings is 1. The van der Waals surface area contributed by atoms with Crippen LogP contribution in [-0.4, -0.2) is 29.0 Å². The molecule has 1 fully saturated rings. The maximum Gasteiger partial charge on any atom is 0.254 e. The highest BCUT2D eigenvalue weighted by molar-refractivity contribution is 5.94. The quantitative estimate of drug-likeness (QED) is 0.829. The van der Waals surface area contributed by atoms with E-state index in [1.165, 1.54) is 6.42 Å². The van der Waals surface area contributed by atoms with E-state index in [2.05, 4.69) is 13.8 Å². The number of nitrogens with zero attached hydrogens (tertiary/aromatic N) is 1. The first-order valence-corrected chi connectivity index (χ1v) is 6.56. The Hall–Kier alpha value is -1.51. The lowest BCUT2D eigenvalue weighted by Crippen LogP contribution is -2.42. The van der Waals surface area contributed by atoms with Crippen LogP contribution < -0.4 is 0 Å². The third-order valence-corrected chi connectivity index (χ3v) is 3.61. The highest BCUT2D eigenvalue weighted by Crippen LogP contribution is 2.24. The van der Waals surface area contributed by atoms with E-state index in [9.17, 15) is 9.90 Å². The summed E-state index contributed by atoms with van der Waals surface area (Å²) in [5, 5.41) is 9.68. The van der Waals surface area contributed by atoms with Gasteiger partial charge in [0.25, 0.3) is 5.91 Å². The van der Waals surface area contributed by atoms with Gasteiger partial charge in [0, 0.05) is 18.7 Å². The van der Waals surface area contributed by atoms with Gasteiger partial charge in [-0.05, 0) is 42.9 Å². The number of aromatic hydroxyl groups is 1. The lowest BCUT2D eigenvalue weighted by molar-refractivity contribution is 0.0623. The standard InChI is InChI=1S/C15H21NO2/c1-10-6-11(2)9-16(8-10)15(18)13-5-4-12(3)14(17)7-13/h4-5,7,10-11,17H,6,8-9H2,1-3H3. The normalized spacial score (nSPS) is 24.1. The number of hydrogen-bond donors (Lipinski definition) is 1. The second-order valence-corrected chi connectivity index (χ2v) is 5.66. The van der Waals surface area contributed by atoms with Crippen LogP contribution in [-0.2, 0) is 0 Å². The Balaban J connectivity index is 2.17. The van der Waals surface area contributed by atoms with Gasteiger partial charge in [-0.25, -0.2) is 0 Å². The smallest absolute Gasteiger partial charge is 0.254 e. The Morgan fingerprint density at radius 1 is 1.28 bits per heavy atom. The number of carbonyl (C=O) groups is 1. The zero-order valence-electron chi connectivity index (χ0n) is 11.3. The van der Waals surface area contributed by atoms with Crippen molar-refractivity contribution in [1.29, 1.82) is 0 Å². The average Bonchev–Trinajstić information content (AvgIpc) is 2.30. The lowest BCUT2D eigenvalue weighted by Gasteiger charge is -2.35. The van der Waals surface area contributed by atoms with Crippen LogP contribution in [0.5, 0.6) is 5.75 Å². The first kappa shape index (κ1) is 12.9. The molecule has 1 amide bonds. The van der Waals surface area contributed by atoms with Crippen LogP contribution in [0.2, 0.25) is 0 Å². The molecule has 0 bridgehead atoms. The van der Waals surface area contributed by atoms with Crippen molar-refractivity contribution in [3.8, 4) is 5.75 Å². The summed E-state index contributed by atoms with van der Waals surface area (Å²) in [6, 6.07) is 5.16. The van der Waals surface area contributed by atoms with Gasteiger partial charge in [0.05, 0.1) is 0 Å². The molecule has 18 heavy (non-hydrogen) atoms. The first-order valence-electron chi connectivity index (χ1n) is 6.56. The van der Waals surface area contributed by atoms with Gasteiger partial charge in [-0.3, -0.25) is 4.79 Å². The molecule has 1 saturated heterocycles. The maximum atomic E-state index is 12.4. The van der Waals surface area contributed by atoms with Crippen LogP contribution in [0, 0.1) is 18.8 Å². The van der Waals surface area contributed by atoms with Crippen LogP contribution in [0.1, 0.15) is 36.2 Å². The molecule has 0 saturated carbocycles. The van der Waals surface area contributed by atoms with E-state index >= 15 is 0 Å². The molecule has 1 N–H and O–H groups in total. The number of hydrogen-bond acceptors (Lipinski definition) is 2. The van der Waals surface area contributed by atoms with Gasteiger partial charge in [-0.2, -0.15) is 0 Å². The molecule has 3 nitrogen and oxygen atoms in total. The van der Waals surface area contributed by atoms with Crippen LogP contribution in [0.15, 0.2) is 18.2 Å². The summed E-state index contributed by atoms with van der Waals surface area (Å²) < 4.78 is 0. The van der Waals surface area contributed by atoms with Crippen LogP contribution in [0.25, 0.3) is 0 Å². The van der Waals surface area contributed by atoms with Crippen molar-refractivity contribution >= 4 is 5.91 Å². The third-order valence-electron chi connectivity index (χ3n) is 3.61. The van der Waals surface area contributed by atoms with Crippen molar-refractivity contribution in [2.75, 3.05) is 13.1 Å². The van der Waals surface area contributed by atoms with Crippen molar-refractivity contribution in [3.63, 3.8) is 0 Å². The highest BCUT2D eigenvalue weighted by atomic mass is 16.3. The lowest BCUT2D eigenvalue weighted by atomic mass is 9.91. The van der Waals surface area contributed by atoms with Crippen molar-refractivity contribution in [1.82, 2.24) is 4.90 Å². The van der Waals surface area contributed by atoms with Gasteiger partial charge >= 0.3 is 0 Å². The van der Waals surface area contributed by atoms with E-state index < -0.39 is 0 Å². The van der Waals surface area contributed by atoms with Gasteiger partial charge in [0.15, 0.2) is 0 Å². The van der Waals surface area contributed by atoms with Crippen molar-refractivity contribution in [3.05, 3.63) is 29.3 Å². The van der Waals surface area contributed by atoms with E-state index in [-0.39, 0.29) is 11.7 Å². The van der Waals surface area contributed by atoms with E-state index in [4.69, 9.17) is 0 Å². The average molecular weight is 247 g/mol. The summed E-state index contributed by atoms with van der Waals surface area (Å²) >= 11 is 0. The Morgan fingerprint density at radius 2 is 1.89 bits per heavy atom. The molecule has 0 aromatic heterocycles. The van der Waals surface area contributed by atoms with Crippen LogP contribution >= 0.6 is 0 Å². The molecule has 1 aromatic rings. The minimum absolute atomic E-state index is 0.0312. The predicted molar refractivity (Wildman–Crippen MR) is 71.7 cm³/mol. The topological polar surface area (TPSA) is 40.5 Å². The Bertz CT molecular complexity index is 446. The number of phenolic OH excluding ortho intramolecular Hbond substituents is 1. The number of rotatable bonds is 1. The third kappa shape index (κ3) is 2.66. The molecule has 1 aromatic carbocycles. The Kier molecular flexibility index (Phi) is 3.60. The molecule has 3 heteroatoms. The second-order valence-electron chi connectivity index (χ2n) is 5.66. The molecule has 0 radical (unpaired) electrons. The summed E-state index contributed by atoms with van der Waals surface area (Å²) in [5.41, 5.74) is 1.38. The largest absolute Gasteiger partial charge is 0.508 e. The van der Waals surface area contributed by atoms with Crippen LogP contribution in [0.4, 0.5) is 0 Å². The number of carbonyl (C=O) groups excluding carboxylic acids is 1. The van der Waals surface area contributed by atoms with Crippen molar-refractivity contribution < 1.29 is 9.90 Å². The first-order chi connectivity index (χ1) is 8.47. The fourth-order valence-electron chi connectivity index (χ4n) is 2.75. The van der Waals surface area contributed by atoms with Crippen LogP contribution in [0.3, 0.4) is 0 Å². The fraction of sp³-hybridized carbons (Fsp3) is 0.533. The minimum atomic E-state index is 0.0312. The van der Waals surface area contributed by atoms with Crippen molar-refractivity contribution in [2.45, 2.75) is 27.2 Å². The number of likely N-dealkylation sites (tertiary alicyclic amines) is 1. The molecule has 0 aliphatic carbocycles. The number of aryl methyl sites for hydroxylation is 1. The number of benzene rings is 1. The molecular weight excluding hydrogens is 226 g/mol. The Morgan fingerprint density at radius 3 is 2.44 bits per heavy atom. The summed E-state index contributed by atoms with van der Waals surface area (Å²) in [6.07, 6.45) is 1.18. The molecule has 98 valence electrons. The molecule has 2 rings (SSSR count). The molecule has 1 aliphatic rings. The highest BCUT2D eigenvalue weighted by Gasteiger charge is 2.26. The number of phenols is 1. The second kappa shape index (κ2) is 5.01. The molecule has 0 spiro atoms. The molecule has 2 unspecified atom stereocenters. The number of amides is 1. The molecule has 1 heterocycles. The summed E-state index contributed by atoms with van der Waals surface area (Å²) in [4.78, 5) is 14.3. The Labute approximate surface area is 108 Å². The van der Waals surface area contributed by atoms with E-state index in [0.29, 0.717) is 17.4 Å². The van der Waals surface area contributed by atoms with Gasteiger partial charge in [0.2, 0.25) is 0 Å². The monoisotopic (exact) mass is 247 g/mol.